The maximum absolute atomic E-state index is 13.5. The van der Waals surface area contributed by atoms with Gasteiger partial charge in [0, 0.05) is 42.5 Å². The average Bonchev–Trinajstić information content (AvgIpc) is 3.27. The monoisotopic (exact) mass is 414 g/mol. The molecular weight excluding hydrogens is 399 g/mol. The third-order valence-corrected chi connectivity index (χ3v) is 5.67. The van der Waals surface area contributed by atoms with Crippen LogP contribution in [0.15, 0.2) is 48.8 Å². The number of fused-ring (bicyclic) bond motifs is 2. The minimum Gasteiger partial charge on any atom is -0.490 e. The Morgan fingerprint density at radius 3 is 3.00 bits per heavy atom. The van der Waals surface area contributed by atoms with Crippen molar-refractivity contribution in [1.82, 2.24) is 18.2 Å². The molecule has 3 heterocycles. The number of aromatic nitrogens is 3. The Kier molecular flexibility index (Phi) is 4.50. The third-order valence-electron chi connectivity index (χ3n) is 4.88. The molecular formula is C20H16ClFN4OS. The second kappa shape index (κ2) is 7.16. The van der Waals surface area contributed by atoms with Crippen LogP contribution in [0.25, 0.3) is 16.6 Å². The number of hydrogen-bond donors (Lipinski definition) is 0. The van der Waals surface area contributed by atoms with Crippen molar-refractivity contribution in [3.8, 4) is 11.4 Å². The first kappa shape index (κ1) is 17.6. The van der Waals surface area contributed by atoms with E-state index in [0.29, 0.717) is 24.7 Å². The molecule has 0 N–H and O–H groups in total. The van der Waals surface area contributed by atoms with Crippen LogP contribution in [-0.4, -0.2) is 31.4 Å². The summed E-state index contributed by atoms with van der Waals surface area (Å²) in [6.45, 7) is 2.76. The normalized spacial score (nSPS) is 14.6. The molecule has 1 aliphatic heterocycles. The predicted octanol–water partition coefficient (Wildman–Crippen LogP) is 4.67. The lowest BCUT2D eigenvalue weighted by atomic mass is 10.1. The SMILES string of the molecule is Fc1ccc2c(ccn2-c2cc(Cl)c3c(c2)CN(Cc2cnsn2)CCO3)c1. The molecule has 0 aliphatic carbocycles. The zero-order valence-electron chi connectivity index (χ0n) is 14.8. The summed E-state index contributed by atoms with van der Waals surface area (Å²) < 4.78 is 29.8. The summed E-state index contributed by atoms with van der Waals surface area (Å²) in [5, 5.41) is 1.42. The second-order valence-corrected chi connectivity index (χ2v) is 7.73. The molecule has 0 fully saturated rings. The van der Waals surface area contributed by atoms with Gasteiger partial charge in [-0.1, -0.05) is 11.6 Å². The van der Waals surface area contributed by atoms with Crippen molar-refractivity contribution < 1.29 is 9.13 Å². The molecule has 5 rings (SSSR count). The summed E-state index contributed by atoms with van der Waals surface area (Å²) in [5.74, 6) is 0.484. The van der Waals surface area contributed by atoms with Gasteiger partial charge in [0.2, 0.25) is 0 Å². The molecule has 0 spiro atoms. The van der Waals surface area contributed by atoms with Crippen LogP contribution >= 0.6 is 23.3 Å². The fourth-order valence-electron chi connectivity index (χ4n) is 3.61. The van der Waals surface area contributed by atoms with Gasteiger partial charge < -0.3 is 9.30 Å². The van der Waals surface area contributed by atoms with E-state index in [1.54, 1.807) is 12.3 Å². The van der Waals surface area contributed by atoms with Gasteiger partial charge in [-0.25, -0.2) is 4.39 Å². The third kappa shape index (κ3) is 3.26. The van der Waals surface area contributed by atoms with Crippen LogP contribution in [0.2, 0.25) is 5.02 Å². The molecule has 8 heteroatoms. The largest absolute Gasteiger partial charge is 0.490 e. The van der Waals surface area contributed by atoms with E-state index in [-0.39, 0.29) is 5.82 Å². The van der Waals surface area contributed by atoms with Crippen molar-refractivity contribution in [3.63, 3.8) is 0 Å². The molecule has 142 valence electrons. The molecule has 0 saturated heterocycles. The molecule has 0 unspecified atom stereocenters. The molecule has 2 aromatic heterocycles. The van der Waals surface area contributed by atoms with Gasteiger partial charge in [-0.2, -0.15) is 8.75 Å². The summed E-state index contributed by atoms with van der Waals surface area (Å²) in [6, 6.07) is 10.7. The Morgan fingerprint density at radius 2 is 2.14 bits per heavy atom. The molecule has 28 heavy (non-hydrogen) atoms. The molecule has 0 saturated carbocycles. The van der Waals surface area contributed by atoms with Gasteiger partial charge in [0.25, 0.3) is 0 Å². The highest BCUT2D eigenvalue weighted by Gasteiger charge is 2.20. The van der Waals surface area contributed by atoms with E-state index in [4.69, 9.17) is 16.3 Å². The van der Waals surface area contributed by atoms with Gasteiger partial charge in [-0.3, -0.25) is 4.90 Å². The van der Waals surface area contributed by atoms with E-state index >= 15 is 0 Å². The molecule has 0 bridgehead atoms. The van der Waals surface area contributed by atoms with E-state index in [2.05, 4.69) is 19.7 Å². The molecule has 0 radical (unpaired) electrons. The van der Waals surface area contributed by atoms with Crippen molar-refractivity contribution in [2.45, 2.75) is 13.1 Å². The fourth-order valence-corrected chi connectivity index (χ4v) is 4.32. The second-order valence-electron chi connectivity index (χ2n) is 6.76. The van der Waals surface area contributed by atoms with Gasteiger partial charge in [-0.05, 0) is 36.4 Å². The van der Waals surface area contributed by atoms with Crippen molar-refractivity contribution >= 4 is 34.2 Å². The zero-order chi connectivity index (χ0) is 19.1. The number of nitrogens with zero attached hydrogens (tertiary/aromatic N) is 4. The minimum atomic E-state index is -0.245. The van der Waals surface area contributed by atoms with Crippen molar-refractivity contribution in [2.24, 2.45) is 0 Å². The Morgan fingerprint density at radius 1 is 1.21 bits per heavy atom. The van der Waals surface area contributed by atoms with Gasteiger partial charge in [0.15, 0.2) is 0 Å². The Labute approximate surface area is 170 Å². The molecule has 0 atom stereocenters. The summed E-state index contributed by atoms with van der Waals surface area (Å²) in [7, 11) is 0. The van der Waals surface area contributed by atoms with Crippen LogP contribution in [0.5, 0.6) is 5.75 Å². The summed E-state index contributed by atoms with van der Waals surface area (Å²) >= 11 is 7.78. The van der Waals surface area contributed by atoms with E-state index in [1.807, 2.05) is 22.9 Å². The highest BCUT2D eigenvalue weighted by atomic mass is 35.5. The number of halogens is 2. The Balaban J connectivity index is 1.53. The molecule has 2 aromatic carbocycles. The highest BCUT2D eigenvalue weighted by Crippen LogP contribution is 2.35. The lowest BCUT2D eigenvalue weighted by Gasteiger charge is -2.18. The first-order valence-electron chi connectivity index (χ1n) is 8.88. The molecule has 5 nitrogen and oxygen atoms in total. The van der Waals surface area contributed by atoms with Crippen LogP contribution in [-0.2, 0) is 13.1 Å². The first-order valence-corrected chi connectivity index (χ1v) is 9.99. The van der Waals surface area contributed by atoms with Crippen LogP contribution in [0.1, 0.15) is 11.3 Å². The van der Waals surface area contributed by atoms with E-state index in [1.165, 1.54) is 23.9 Å². The standard InChI is InChI=1S/C20H16ClFN4OS/c21-18-9-17(26-4-3-13-7-15(22)1-2-19(13)26)8-14-11-25(5-6-27-20(14)18)12-16-10-23-28-24-16/h1-4,7-10H,5-6,11-12H2. The lowest BCUT2D eigenvalue weighted by molar-refractivity contribution is 0.218. The smallest absolute Gasteiger partial charge is 0.142 e. The maximum Gasteiger partial charge on any atom is 0.142 e. The topological polar surface area (TPSA) is 43.2 Å². The minimum absolute atomic E-state index is 0.245. The van der Waals surface area contributed by atoms with E-state index < -0.39 is 0 Å². The number of ether oxygens (including phenoxy) is 1. The van der Waals surface area contributed by atoms with Crippen LogP contribution < -0.4 is 4.74 Å². The van der Waals surface area contributed by atoms with E-state index in [0.717, 1.165) is 40.1 Å². The van der Waals surface area contributed by atoms with Gasteiger partial charge >= 0.3 is 0 Å². The maximum atomic E-state index is 13.5. The van der Waals surface area contributed by atoms with Crippen LogP contribution in [0.4, 0.5) is 4.39 Å². The Bertz CT molecular complexity index is 1140. The van der Waals surface area contributed by atoms with E-state index in [9.17, 15) is 4.39 Å². The van der Waals surface area contributed by atoms with Crippen molar-refractivity contribution in [3.05, 3.63) is 70.9 Å². The van der Waals surface area contributed by atoms with Crippen LogP contribution in [0.3, 0.4) is 0 Å². The predicted molar refractivity (Wildman–Crippen MR) is 108 cm³/mol. The highest BCUT2D eigenvalue weighted by molar-refractivity contribution is 6.99. The number of rotatable bonds is 3. The van der Waals surface area contributed by atoms with Crippen molar-refractivity contribution in [1.29, 1.82) is 0 Å². The van der Waals surface area contributed by atoms with Gasteiger partial charge in [0.1, 0.15) is 18.2 Å². The van der Waals surface area contributed by atoms with Gasteiger partial charge in [-0.15, -0.1) is 0 Å². The van der Waals surface area contributed by atoms with Crippen LogP contribution in [0, 0.1) is 5.82 Å². The Hall–Kier alpha value is -2.48. The summed E-state index contributed by atoms with van der Waals surface area (Å²) in [5.41, 5.74) is 3.82. The molecule has 1 aliphatic rings. The fraction of sp³-hybridized carbons (Fsp3) is 0.200. The van der Waals surface area contributed by atoms with Crippen molar-refractivity contribution in [2.75, 3.05) is 13.2 Å². The summed E-state index contributed by atoms with van der Waals surface area (Å²) in [4.78, 5) is 2.27. The first-order chi connectivity index (χ1) is 13.7. The quantitative estimate of drug-likeness (QED) is 0.488. The number of benzene rings is 2. The van der Waals surface area contributed by atoms with Gasteiger partial charge in [0.05, 0.1) is 34.2 Å². The summed E-state index contributed by atoms with van der Waals surface area (Å²) in [6.07, 6.45) is 3.73. The zero-order valence-corrected chi connectivity index (χ0v) is 16.4. The molecule has 4 aromatic rings. The molecule has 0 amide bonds. The average molecular weight is 415 g/mol. The lowest BCUT2D eigenvalue weighted by Crippen LogP contribution is -2.25. The number of hydrogen-bond acceptors (Lipinski definition) is 5.